The summed E-state index contributed by atoms with van der Waals surface area (Å²) in [6.07, 6.45) is 2.72. The molecular formula is C19H17NO4S. The first kappa shape index (κ1) is 16.0. The van der Waals surface area contributed by atoms with Crippen molar-refractivity contribution in [3.05, 3.63) is 56.8 Å². The number of imide groups is 1. The summed E-state index contributed by atoms with van der Waals surface area (Å²) in [5.74, 6) is -1.84. The van der Waals surface area contributed by atoms with Crippen LogP contribution in [0.3, 0.4) is 0 Å². The lowest BCUT2D eigenvalue weighted by atomic mass is 9.77. The van der Waals surface area contributed by atoms with Crippen molar-refractivity contribution in [1.82, 2.24) is 5.06 Å². The maximum atomic E-state index is 12.6. The van der Waals surface area contributed by atoms with Crippen molar-refractivity contribution < 1.29 is 19.2 Å². The minimum atomic E-state index is -0.647. The molecule has 1 aromatic carbocycles. The van der Waals surface area contributed by atoms with E-state index in [2.05, 4.69) is 13.8 Å². The van der Waals surface area contributed by atoms with Crippen LogP contribution >= 0.6 is 11.3 Å². The third-order valence-corrected chi connectivity index (χ3v) is 5.85. The normalized spacial score (nSPS) is 18.1. The number of hydroxylamine groups is 2. The highest BCUT2D eigenvalue weighted by atomic mass is 32.1. The Labute approximate surface area is 149 Å². The minimum Gasteiger partial charge on any atom is -0.324 e. The Morgan fingerprint density at radius 2 is 1.80 bits per heavy atom. The van der Waals surface area contributed by atoms with Crippen LogP contribution in [-0.2, 0) is 17.7 Å². The summed E-state index contributed by atoms with van der Waals surface area (Å²) >= 11 is 1.54. The fourth-order valence-corrected chi connectivity index (χ4v) is 4.71. The molecule has 0 saturated carbocycles. The Balaban J connectivity index is 1.58. The summed E-state index contributed by atoms with van der Waals surface area (Å²) in [7, 11) is 0. The number of rotatable bonds is 2. The quantitative estimate of drug-likeness (QED) is 0.772. The van der Waals surface area contributed by atoms with E-state index in [1.807, 2.05) is 0 Å². The third kappa shape index (κ3) is 2.57. The number of nitrogens with zero attached hydrogens (tertiary/aromatic N) is 1. The Kier molecular flexibility index (Phi) is 3.54. The van der Waals surface area contributed by atoms with Gasteiger partial charge in [0.2, 0.25) is 0 Å². The zero-order valence-electron chi connectivity index (χ0n) is 14.0. The molecule has 0 unspecified atom stereocenters. The molecule has 2 heterocycles. The molecule has 6 heteroatoms. The topological polar surface area (TPSA) is 63.7 Å². The number of fused-ring (bicyclic) bond motifs is 2. The highest BCUT2D eigenvalue weighted by Crippen LogP contribution is 2.39. The second kappa shape index (κ2) is 5.52. The second-order valence-corrected chi connectivity index (χ2v) is 8.19. The Morgan fingerprint density at radius 3 is 2.44 bits per heavy atom. The fraction of sp³-hybridized carbons (Fsp3) is 0.316. The molecule has 0 radical (unpaired) electrons. The average molecular weight is 355 g/mol. The van der Waals surface area contributed by atoms with Crippen molar-refractivity contribution in [2.45, 2.75) is 33.1 Å². The predicted molar refractivity (Wildman–Crippen MR) is 92.5 cm³/mol. The van der Waals surface area contributed by atoms with Crippen molar-refractivity contribution in [3.8, 4) is 0 Å². The monoisotopic (exact) mass is 355 g/mol. The van der Waals surface area contributed by atoms with Gasteiger partial charge in [0.15, 0.2) is 0 Å². The summed E-state index contributed by atoms with van der Waals surface area (Å²) in [6, 6.07) is 6.45. The van der Waals surface area contributed by atoms with Gasteiger partial charge in [-0.1, -0.05) is 31.0 Å². The summed E-state index contributed by atoms with van der Waals surface area (Å²) in [4.78, 5) is 43.6. The van der Waals surface area contributed by atoms with Crippen LogP contribution in [0.25, 0.3) is 0 Å². The molecule has 4 rings (SSSR count). The lowest BCUT2D eigenvalue weighted by Gasteiger charge is -2.29. The molecule has 0 saturated heterocycles. The van der Waals surface area contributed by atoms with E-state index in [-0.39, 0.29) is 16.5 Å². The molecule has 0 fully saturated rings. The van der Waals surface area contributed by atoms with Crippen molar-refractivity contribution >= 4 is 29.1 Å². The first-order valence-corrected chi connectivity index (χ1v) is 9.05. The summed E-state index contributed by atoms with van der Waals surface area (Å²) in [5, 5.41) is 2.34. The molecule has 2 aromatic rings. The SMILES string of the molecule is CC1(C)CCc2c(C(=O)ON3C(=O)c4ccccc4C3=O)csc2C1. The summed E-state index contributed by atoms with van der Waals surface area (Å²) < 4.78 is 0. The molecule has 0 bridgehead atoms. The van der Waals surface area contributed by atoms with Gasteiger partial charge in [-0.3, -0.25) is 9.59 Å². The molecule has 0 spiro atoms. The first-order chi connectivity index (χ1) is 11.9. The number of hydrogen-bond donors (Lipinski definition) is 0. The van der Waals surface area contributed by atoms with E-state index in [9.17, 15) is 14.4 Å². The summed E-state index contributed by atoms with van der Waals surface area (Å²) in [6.45, 7) is 4.43. The first-order valence-electron chi connectivity index (χ1n) is 8.17. The average Bonchev–Trinajstić information content (AvgIpc) is 3.09. The van der Waals surface area contributed by atoms with Gasteiger partial charge in [-0.15, -0.1) is 11.3 Å². The smallest absolute Gasteiger partial charge is 0.324 e. The third-order valence-electron chi connectivity index (χ3n) is 4.82. The van der Waals surface area contributed by atoms with Gasteiger partial charge in [-0.25, -0.2) is 4.79 Å². The molecule has 128 valence electrons. The van der Waals surface area contributed by atoms with E-state index in [0.29, 0.717) is 10.6 Å². The van der Waals surface area contributed by atoms with Crippen molar-refractivity contribution in [1.29, 1.82) is 0 Å². The molecule has 0 atom stereocenters. The second-order valence-electron chi connectivity index (χ2n) is 7.22. The van der Waals surface area contributed by atoms with Gasteiger partial charge >= 0.3 is 5.97 Å². The molecule has 1 aromatic heterocycles. The number of carbonyl (C=O) groups excluding carboxylic acids is 3. The summed E-state index contributed by atoms with van der Waals surface area (Å²) in [5.41, 5.74) is 2.20. The largest absolute Gasteiger partial charge is 0.365 e. The maximum Gasteiger partial charge on any atom is 0.365 e. The van der Waals surface area contributed by atoms with Gasteiger partial charge in [-0.2, -0.15) is 0 Å². The van der Waals surface area contributed by atoms with Gasteiger partial charge in [0.1, 0.15) is 0 Å². The van der Waals surface area contributed by atoms with Crippen LogP contribution in [-0.4, -0.2) is 22.8 Å². The van der Waals surface area contributed by atoms with E-state index in [1.165, 1.54) is 4.88 Å². The highest BCUT2D eigenvalue weighted by molar-refractivity contribution is 7.10. The van der Waals surface area contributed by atoms with Crippen LogP contribution < -0.4 is 0 Å². The van der Waals surface area contributed by atoms with Gasteiger partial charge in [0, 0.05) is 10.3 Å². The number of benzene rings is 1. The molecule has 2 aliphatic rings. The van der Waals surface area contributed by atoms with Crippen LogP contribution in [0.5, 0.6) is 0 Å². The van der Waals surface area contributed by atoms with Gasteiger partial charge < -0.3 is 4.84 Å². The number of hydrogen-bond acceptors (Lipinski definition) is 5. The Hall–Kier alpha value is -2.47. The van der Waals surface area contributed by atoms with Crippen molar-refractivity contribution in [2.24, 2.45) is 5.41 Å². The van der Waals surface area contributed by atoms with Crippen LogP contribution in [0.15, 0.2) is 29.6 Å². The molecule has 1 aliphatic heterocycles. The number of thiophene rings is 1. The Bertz CT molecular complexity index is 877. The van der Waals surface area contributed by atoms with E-state index >= 15 is 0 Å². The molecule has 1 aliphatic carbocycles. The number of amides is 2. The van der Waals surface area contributed by atoms with Crippen molar-refractivity contribution in [3.63, 3.8) is 0 Å². The van der Waals surface area contributed by atoms with Gasteiger partial charge in [0.25, 0.3) is 11.8 Å². The van der Waals surface area contributed by atoms with E-state index < -0.39 is 17.8 Å². The zero-order chi connectivity index (χ0) is 17.8. The predicted octanol–water partition coefficient (Wildman–Crippen LogP) is 3.63. The lowest BCUT2D eigenvalue weighted by molar-refractivity contribution is -0.0585. The minimum absolute atomic E-state index is 0.224. The van der Waals surface area contributed by atoms with Crippen LogP contribution in [0.1, 0.15) is 61.8 Å². The molecule has 5 nitrogen and oxygen atoms in total. The fourth-order valence-electron chi connectivity index (χ4n) is 3.38. The maximum absolute atomic E-state index is 12.6. The van der Waals surface area contributed by atoms with Gasteiger partial charge in [0.05, 0.1) is 16.7 Å². The molecular weight excluding hydrogens is 338 g/mol. The van der Waals surface area contributed by atoms with E-state index in [4.69, 9.17) is 4.84 Å². The van der Waals surface area contributed by atoms with Crippen LogP contribution in [0, 0.1) is 5.41 Å². The molecule has 25 heavy (non-hydrogen) atoms. The molecule has 2 amide bonds. The number of carbonyl (C=O) groups is 3. The van der Waals surface area contributed by atoms with Crippen LogP contribution in [0.2, 0.25) is 0 Å². The zero-order valence-corrected chi connectivity index (χ0v) is 14.8. The van der Waals surface area contributed by atoms with E-state index in [1.54, 1.807) is 41.0 Å². The molecule has 0 N–H and O–H groups in total. The Morgan fingerprint density at radius 1 is 1.16 bits per heavy atom. The van der Waals surface area contributed by atoms with Gasteiger partial charge in [-0.05, 0) is 42.4 Å². The van der Waals surface area contributed by atoms with Crippen LogP contribution in [0.4, 0.5) is 0 Å². The lowest BCUT2D eigenvalue weighted by Crippen LogP contribution is -2.33. The van der Waals surface area contributed by atoms with E-state index in [0.717, 1.165) is 24.8 Å². The van der Waals surface area contributed by atoms with Crippen molar-refractivity contribution in [2.75, 3.05) is 0 Å². The standard InChI is InChI=1S/C19H17NO4S/c1-19(2)8-7-11-14(10-25-15(11)9-19)18(23)24-20-16(21)12-5-3-4-6-13(12)17(20)22/h3-6,10H,7-9H2,1-2H3. The highest BCUT2D eigenvalue weighted by Gasteiger charge is 2.39.